The lowest BCUT2D eigenvalue weighted by Crippen LogP contribution is -2.40. The molecule has 10 heteroatoms. The van der Waals surface area contributed by atoms with E-state index in [4.69, 9.17) is 37.4 Å². The van der Waals surface area contributed by atoms with Crippen molar-refractivity contribution in [3.05, 3.63) is 124 Å². The first-order valence-corrected chi connectivity index (χ1v) is 14.4. The van der Waals surface area contributed by atoms with Crippen molar-refractivity contribution in [2.24, 2.45) is 4.99 Å². The third kappa shape index (κ3) is 5.95. The van der Waals surface area contributed by atoms with Gasteiger partial charge in [-0.1, -0.05) is 70.9 Å². The Morgan fingerprint density at radius 1 is 1.10 bits per heavy atom. The van der Waals surface area contributed by atoms with Crippen LogP contribution in [0.5, 0.6) is 11.5 Å². The van der Waals surface area contributed by atoms with Gasteiger partial charge in [-0.25, -0.2) is 9.79 Å². The van der Waals surface area contributed by atoms with E-state index in [0.717, 1.165) is 11.1 Å². The average Bonchev–Trinajstić information content (AvgIpc) is 3.26. The van der Waals surface area contributed by atoms with Gasteiger partial charge in [0.2, 0.25) is 0 Å². The molecule has 0 aliphatic carbocycles. The van der Waals surface area contributed by atoms with Crippen LogP contribution in [0.4, 0.5) is 0 Å². The Morgan fingerprint density at radius 2 is 1.90 bits per heavy atom. The van der Waals surface area contributed by atoms with Gasteiger partial charge in [0.25, 0.3) is 5.56 Å². The van der Waals surface area contributed by atoms with Gasteiger partial charge in [0.05, 0.1) is 29.5 Å². The van der Waals surface area contributed by atoms with Crippen molar-refractivity contribution in [2.45, 2.75) is 26.5 Å². The molecule has 0 saturated heterocycles. The van der Waals surface area contributed by atoms with Gasteiger partial charge in [0.1, 0.15) is 24.1 Å². The molecular weight excluding hydrogens is 583 g/mol. The summed E-state index contributed by atoms with van der Waals surface area (Å²) in [6.07, 6.45) is 1.79. The molecule has 7 nitrogen and oxygen atoms in total. The molecule has 3 aromatic carbocycles. The van der Waals surface area contributed by atoms with Crippen molar-refractivity contribution in [3.8, 4) is 11.5 Å². The molecule has 2 heterocycles. The van der Waals surface area contributed by atoms with Crippen LogP contribution in [0, 0.1) is 0 Å². The van der Waals surface area contributed by atoms with E-state index < -0.39 is 12.0 Å². The fourth-order valence-corrected chi connectivity index (χ4v) is 6.13. The predicted octanol–water partition coefficient (Wildman–Crippen LogP) is 5.69. The summed E-state index contributed by atoms with van der Waals surface area (Å²) in [5.74, 6) is 0.642. The molecule has 0 N–H and O–H groups in total. The first-order chi connectivity index (χ1) is 19.8. The molecule has 1 atom stereocenters. The van der Waals surface area contributed by atoms with E-state index in [1.807, 2.05) is 48.5 Å². The van der Waals surface area contributed by atoms with E-state index in [1.54, 1.807) is 45.2 Å². The maximum Gasteiger partial charge on any atom is 0.338 e. The van der Waals surface area contributed by atoms with Gasteiger partial charge >= 0.3 is 5.97 Å². The smallest absolute Gasteiger partial charge is 0.338 e. The van der Waals surface area contributed by atoms with Crippen LogP contribution in [0.2, 0.25) is 10.0 Å². The summed E-state index contributed by atoms with van der Waals surface area (Å²) < 4.78 is 18.9. The summed E-state index contributed by atoms with van der Waals surface area (Å²) in [5, 5.41) is 1.08. The zero-order valence-corrected chi connectivity index (χ0v) is 24.8. The summed E-state index contributed by atoms with van der Waals surface area (Å²) in [7, 11) is 1.55. The quantitative estimate of drug-likeness (QED) is 0.240. The maximum absolute atomic E-state index is 13.9. The van der Waals surface area contributed by atoms with Crippen LogP contribution in [-0.4, -0.2) is 24.3 Å². The van der Waals surface area contributed by atoms with Crippen LogP contribution in [0.25, 0.3) is 6.08 Å². The predicted molar refractivity (Wildman–Crippen MR) is 161 cm³/mol. The average molecular weight is 610 g/mol. The third-order valence-electron chi connectivity index (χ3n) is 6.52. The minimum atomic E-state index is -0.762. The lowest BCUT2D eigenvalue weighted by Gasteiger charge is -2.25. The number of esters is 1. The fraction of sp³-hybridized carbons (Fsp3) is 0.194. The number of carbonyl (C=O) groups excluding carboxylic acids is 1. The van der Waals surface area contributed by atoms with E-state index >= 15 is 0 Å². The van der Waals surface area contributed by atoms with Crippen molar-refractivity contribution in [2.75, 3.05) is 13.7 Å². The first kappa shape index (κ1) is 28.7. The molecule has 0 radical (unpaired) electrons. The number of ether oxygens (including phenoxy) is 3. The molecule has 0 fully saturated rings. The number of allylic oxidation sites excluding steroid dienone is 1. The van der Waals surface area contributed by atoms with E-state index in [-0.39, 0.29) is 18.8 Å². The molecule has 4 aromatic rings. The summed E-state index contributed by atoms with van der Waals surface area (Å²) >= 11 is 13.5. The number of thiazole rings is 1. The Kier molecular flexibility index (Phi) is 8.63. The van der Waals surface area contributed by atoms with Crippen LogP contribution < -0.4 is 24.4 Å². The summed E-state index contributed by atoms with van der Waals surface area (Å²) in [4.78, 5) is 32.1. The normalized spacial score (nSPS) is 14.9. The lowest BCUT2D eigenvalue weighted by atomic mass is 9.95. The van der Waals surface area contributed by atoms with Gasteiger partial charge in [-0.05, 0) is 55.8 Å². The van der Waals surface area contributed by atoms with Gasteiger partial charge in [0, 0.05) is 21.2 Å². The van der Waals surface area contributed by atoms with E-state index in [1.165, 1.54) is 15.9 Å². The number of benzene rings is 3. The number of fused-ring (bicyclic) bond motifs is 1. The fourth-order valence-electron chi connectivity index (χ4n) is 4.62. The van der Waals surface area contributed by atoms with Crippen LogP contribution in [0.3, 0.4) is 0 Å². The number of hydrogen-bond donors (Lipinski definition) is 0. The first-order valence-electron chi connectivity index (χ1n) is 12.8. The van der Waals surface area contributed by atoms with Crippen molar-refractivity contribution in [1.29, 1.82) is 0 Å². The highest BCUT2D eigenvalue weighted by Crippen LogP contribution is 2.35. The number of carbonyl (C=O) groups is 1. The summed E-state index contributed by atoms with van der Waals surface area (Å²) in [6, 6.07) is 19.2. The molecule has 0 bridgehead atoms. The number of halogens is 2. The Balaban J connectivity index is 1.56. The standard InChI is InChI=1S/C31H26Cl2N2O5S/c1-4-39-30(37)27-18(2)34-31-35(28(27)23-10-5-6-11-25(23)38-3)29(36)26(41-31)15-19-8-7-9-22(14-19)40-17-20-12-13-21(32)16-24(20)33/h5-16,28H,4,17H2,1-3H3/b26-15+/t28-/m0/s1. The molecule has 5 rings (SSSR count). The van der Waals surface area contributed by atoms with Crippen LogP contribution in [0.15, 0.2) is 87.8 Å². The Morgan fingerprint density at radius 3 is 2.66 bits per heavy atom. The number of nitrogens with zero attached hydrogens (tertiary/aromatic N) is 2. The third-order valence-corrected chi connectivity index (χ3v) is 8.09. The Bertz CT molecular complexity index is 1840. The number of rotatable bonds is 8. The number of hydrogen-bond acceptors (Lipinski definition) is 7. The van der Waals surface area contributed by atoms with Gasteiger partial charge in [-0.2, -0.15) is 0 Å². The highest BCUT2D eigenvalue weighted by Gasteiger charge is 2.34. The molecule has 0 saturated carbocycles. The molecule has 1 aromatic heterocycles. The van der Waals surface area contributed by atoms with Crippen LogP contribution >= 0.6 is 34.5 Å². The van der Waals surface area contributed by atoms with Gasteiger partial charge in [0.15, 0.2) is 4.80 Å². The number of methoxy groups -OCH3 is 1. The lowest BCUT2D eigenvalue weighted by molar-refractivity contribution is -0.139. The second kappa shape index (κ2) is 12.3. The van der Waals surface area contributed by atoms with E-state index in [0.29, 0.717) is 47.7 Å². The van der Waals surface area contributed by atoms with Gasteiger partial charge in [-0.3, -0.25) is 9.36 Å². The summed E-state index contributed by atoms with van der Waals surface area (Å²) in [5.41, 5.74) is 2.74. The topological polar surface area (TPSA) is 79.1 Å². The number of aromatic nitrogens is 1. The largest absolute Gasteiger partial charge is 0.496 e. The Hall–Kier alpha value is -3.85. The minimum absolute atomic E-state index is 0.196. The molecule has 0 unspecified atom stereocenters. The number of para-hydroxylation sites is 1. The minimum Gasteiger partial charge on any atom is -0.496 e. The molecular formula is C31H26Cl2N2O5S. The highest BCUT2D eigenvalue weighted by atomic mass is 35.5. The van der Waals surface area contributed by atoms with Crippen LogP contribution in [0.1, 0.15) is 36.6 Å². The highest BCUT2D eigenvalue weighted by molar-refractivity contribution is 7.07. The monoisotopic (exact) mass is 608 g/mol. The molecule has 210 valence electrons. The van der Waals surface area contributed by atoms with Gasteiger partial charge < -0.3 is 14.2 Å². The zero-order valence-electron chi connectivity index (χ0n) is 22.5. The molecule has 1 aliphatic heterocycles. The second-order valence-electron chi connectivity index (χ2n) is 9.14. The molecule has 1 aliphatic rings. The molecule has 0 amide bonds. The maximum atomic E-state index is 13.9. The van der Waals surface area contributed by atoms with Crippen molar-refractivity contribution >= 4 is 46.6 Å². The molecule has 0 spiro atoms. The second-order valence-corrected chi connectivity index (χ2v) is 11.0. The van der Waals surface area contributed by atoms with Crippen molar-refractivity contribution in [3.63, 3.8) is 0 Å². The zero-order chi connectivity index (χ0) is 29.1. The molecule has 41 heavy (non-hydrogen) atoms. The van der Waals surface area contributed by atoms with E-state index in [9.17, 15) is 9.59 Å². The summed E-state index contributed by atoms with van der Waals surface area (Å²) in [6.45, 7) is 3.94. The van der Waals surface area contributed by atoms with Gasteiger partial charge in [-0.15, -0.1) is 0 Å². The van der Waals surface area contributed by atoms with Crippen molar-refractivity contribution < 1.29 is 19.0 Å². The SMILES string of the molecule is CCOC(=O)C1=C(C)N=c2s/c(=C/c3cccc(OCc4ccc(Cl)cc4Cl)c3)c(=O)n2[C@H]1c1ccccc1OC. The van der Waals surface area contributed by atoms with E-state index in [2.05, 4.69) is 4.99 Å². The Labute approximate surface area is 250 Å². The van der Waals surface area contributed by atoms with Crippen LogP contribution in [-0.2, 0) is 16.1 Å². The van der Waals surface area contributed by atoms with Crippen molar-refractivity contribution in [1.82, 2.24) is 4.57 Å².